The second kappa shape index (κ2) is 13.4. The van der Waals surface area contributed by atoms with Crippen molar-refractivity contribution in [2.75, 3.05) is 38.7 Å². The summed E-state index contributed by atoms with van der Waals surface area (Å²) in [6.07, 6.45) is -13.4. The van der Waals surface area contributed by atoms with Crippen molar-refractivity contribution in [3.8, 4) is 11.5 Å². The molecule has 16 nitrogen and oxygen atoms in total. The first-order chi connectivity index (χ1) is 24.3. The van der Waals surface area contributed by atoms with Gasteiger partial charge in [-0.1, -0.05) is 12.1 Å². The second-order valence-corrected chi connectivity index (χ2v) is 13.3. The number of rotatable bonds is 7. The summed E-state index contributed by atoms with van der Waals surface area (Å²) in [7, 11) is 1.35. The van der Waals surface area contributed by atoms with Crippen LogP contribution in [-0.4, -0.2) is 129 Å². The molecule has 2 heterocycles. The minimum absolute atomic E-state index is 0.00797. The number of Topliss-reactive ketones (excluding diaryl/α,β-unsaturated/α-hetero) is 1. The number of nitrogens with zero attached hydrogens (tertiary/aromatic N) is 1. The number of phenols is 2. The third kappa shape index (κ3) is 6.24. The molecule has 2 aromatic carbocycles. The van der Waals surface area contributed by atoms with E-state index in [9.17, 15) is 63.1 Å². The fraction of sp³-hybridized carbons (Fsp3) is 0.515. The van der Waals surface area contributed by atoms with Gasteiger partial charge < -0.3 is 59.7 Å². The number of anilines is 1. The molecule has 2 aromatic rings. The number of hydroxylamine groups is 3. The van der Waals surface area contributed by atoms with Crippen molar-refractivity contribution in [3.63, 3.8) is 0 Å². The van der Waals surface area contributed by atoms with E-state index in [0.29, 0.717) is 0 Å². The number of hydrogen-bond acceptors (Lipinski definition) is 14. The maximum atomic E-state index is 14.0. The summed E-state index contributed by atoms with van der Waals surface area (Å²) in [5, 5.41) is 71.0. The lowest BCUT2D eigenvalue weighted by atomic mass is 9.71. The number of carbonyl (C=O) groups excluding carboxylic acids is 4. The van der Waals surface area contributed by atoms with E-state index in [-0.39, 0.29) is 26.1 Å². The van der Waals surface area contributed by atoms with Gasteiger partial charge >= 0.3 is 12.1 Å². The number of phenolic OH excluding ortho intramolecular Hbond substituents is 2. The van der Waals surface area contributed by atoms with Gasteiger partial charge in [0, 0.05) is 36.6 Å². The van der Waals surface area contributed by atoms with Crippen LogP contribution < -0.4 is 5.32 Å². The van der Waals surface area contributed by atoms with Gasteiger partial charge in [-0.25, -0.2) is 0 Å². The van der Waals surface area contributed by atoms with Crippen LogP contribution in [0.1, 0.15) is 68.8 Å². The second-order valence-electron chi connectivity index (χ2n) is 13.3. The van der Waals surface area contributed by atoms with Crippen molar-refractivity contribution in [2.24, 2.45) is 0 Å². The van der Waals surface area contributed by atoms with Crippen LogP contribution in [0.4, 0.5) is 18.9 Å². The summed E-state index contributed by atoms with van der Waals surface area (Å²) >= 11 is 0. The van der Waals surface area contributed by atoms with Crippen molar-refractivity contribution in [2.45, 2.75) is 74.9 Å². The summed E-state index contributed by atoms with van der Waals surface area (Å²) in [5.74, 6) is -7.94. The Hall–Kier alpha value is -4.05. The quantitative estimate of drug-likeness (QED) is 0.112. The molecule has 0 saturated carbocycles. The average Bonchev–Trinajstić information content (AvgIpc) is 3.09. The summed E-state index contributed by atoms with van der Waals surface area (Å²) in [5.41, 5.74) is -6.89. The number of aliphatic hydroxyl groups is 3. The smallest absolute Gasteiger partial charge is 0.471 e. The van der Waals surface area contributed by atoms with Crippen molar-refractivity contribution < 1.29 is 81.5 Å². The lowest BCUT2D eigenvalue weighted by Gasteiger charge is -2.56. The van der Waals surface area contributed by atoms with Crippen LogP contribution in [0.2, 0.25) is 0 Å². The van der Waals surface area contributed by atoms with Gasteiger partial charge in [0.05, 0.1) is 47.6 Å². The molecular formula is C33H35F3N2O14. The highest BCUT2D eigenvalue weighted by Gasteiger charge is 2.52. The Morgan fingerprint density at radius 3 is 2.46 bits per heavy atom. The van der Waals surface area contributed by atoms with E-state index in [1.807, 2.05) is 0 Å². The number of alkyl halides is 3. The monoisotopic (exact) mass is 740 g/mol. The molecule has 8 atom stereocenters. The molecule has 2 fully saturated rings. The van der Waals surface area contributed by atoms with Crippen LogP contribution in [0.25, 0.3) is 0 Å². The number of morpholine rings is 1. The van der Waals surface area contributed by atoms with Gasteiger partial charge in [-0.15, -0.1) is 0 Å². The molecule has 2 aliphatic heterocycles. The lowest BCUT2D eigenvalue weighted by Crippen LogP contribution is -2.67. The number of nitrogens with one attached hydrogen (secondary N) is 1. The molecule has 6 N–H and O–H groups in total. The predicted octanol–water partition coefficient (Wildman–Crippen LogP) is 0.852. The Morgan fingerprint density at radius 2 is 1.81 bits per heavy atom. The number of halogens is 3. The molecule has 1 amide bonds. The third-order valence-electron chi connectivity index (χ3n) is 10.2. The molecular weight excluding hydrogens is 705 g/mol. The summed E-state index contributed by atoms with van der Waals surface area (Å²) < 4.78 is 61.1. The van der Waals surface area contributed by atoms with Gasteiger partial charge in [-0.05, 0) is 13.0 Å². The number of amides is 1. The Labute approximate surface area is 292 Å². The van der Waals surface area contributed by atoms with Gasteiger partial charge in [-0.3, -0.25) is 19.2 Å². The molecule has 0 bridgehead atoms. The first kappa shape index (κ1) is 37.7. The largest absolute Gasteiger partial charge is 0.632 e. The predicted molar refractivity (Wildman–Crippen MR) is 166 cm³/mol. The topological polar surface area (TPSA) is 241 Å². The van der Waals surface area contributed by atoms with E-state index in [1.165, 1.54) is 14.0 Å². The Bertz CT molecular complexity index is 1840. The van der Waals surface area contributed by atoms with Gasteiger partial charge in [-0.2, -0.15) is 13.2 Å². The number of methoxy groups -OCH3 is 1. The highest BCUT2D eigenvalue weighted by molar-refractivity contribution is 6.32. The minimum atomic E-state index is -5.37. The normalized spacial score (nSPS) is 31.7. The van der Waals surface area contributed by atoms with Gasteiger partial charge in [0.2, 0.25) is 6.29 Å². The van der Waals surface area contributed by atoms with Crippen LogP contribution in [0.5, 0.6) is 11.5 Å². The van der Waals surface area contributed by atoms with Crippen molar-refractivity contribution in [3.05, 3.63) is 56.8 Å². The molecule has 2 aliphatic carbocycles. The molecule has 6 rings (SSSR count). The zero-order chi connectivity index (χ0) is 38.1. The molecule has 0 radical (unpaired) electrons. The van der Waals surface area contributed by atoms with Crippen molar-refractivity contribution in [1.82, 2.24) is 0 Å². The molecule has 0 aromatic heterocycles. The maximum Gasteiger partial charge on any atom is 0.471 e. The van der Waals surface area contributed by atoms with E-state index >= 15 is 0 Å². The van der Waals surface area contributed by atoms with E-state index < -0.39 is 147 Å². The number of benzene rings is 2. The van der Waals surface area contributed by atoms with Crippen LogP contribution in [-0.2, 0) is 35.0 Å². The Balaban J connectivity index is 1.44. The zero-order valence-electron chi connectivity index (χ0n) is 27.6. The molecule has 2 saturated heterocycles. The molecule has 282 valence electrons. The fourth-order valence-electron chi connectivity index (χ4n) is 7.50. The van der Waals surface area contributed by atoms with Crippen molar-refractivity contribution >= 4 is 28.9 Å². The number of aromatic hydroxyl groups is 2. The SMILES string of the molecule is CO[C@@H]1C[N+]([O-])(C2C[C@@H](O[C@H]3C[C@](O)(C(=O)CO)Cc4c(O)c5c(c(O)c43)C(=O)c3c(NC(=O)C(F)(F)F)cccc3C5=O)O[C@@H](C)[C@H]2O)CCO1. The number of ketones is 3. The number of quaternary nitrogens is 1. The van der Waals surface area contributed by atoms with Crippen molar-refractivity contribution in [1.29, 1.82) is 0 Å². The van der Waals surface area contributed by atoms with E-state index in [0.717, 1.165) is 18.2 Å². The molecule has 19 heteroatoms. The van der Waals surface area contributed by atoms with E-state index in [2.05, 4.69) is 0 Å². The number of hydrogen-bond donors (Lipinski definition) is 6. The number of carbonyl (C=O) groups is 4. The van der Waals surface area contributed by atoms with Crippen LogP contribution in [0, 0.1) is 5.21 Å². The van der Waals surface area contributed by atoms with Crippen LogP contribution >= 0.6 is 0 Å². The molecule has 0 spiro atoms. The maximum absolute atomic E-state index is 14.0. The first-order valence-electron chi connectivity index (χ1n) is 16.1. The van der Waals surface area contributed by atoms with Crippen LogP contribution in [0.3, 0.4) is 0 Å². The van der Waals surface area contributed by atoms with Gasteiger partial charge in [0.15, 0.2) is 23.6 Å². The number of ether oxygens (including phenoxy) is 4. The Morgan fingerprint density at radius 1 is 1.12 bits per heavy atom. The molecule has 52 heavy (non-hydrogen) atoms. The lowest BCUT2D eigenvalue weighted by molar-refractivity contribution is -0.926. The first-order valence-corrected chi connectivity index (χ1v) is 16.1. The summed E-state index contributed by atoms with van der Waals surface area (Å²) in [4.78, 5) is 52.4. The number of fused-ring (bicyclic) bond motifs is 3. The van der Waals surface area contributed by atoms with Crippen LogP contribution in [0.15, 0.2) is 18.2 Å². The summed E-state index contributed by atoms with van der Waals surface area (Å²) in [6.45, 7) is 0.0383. The minimum Gasteiger partial charge on any atom is -0.632 e. The van der Waals surface area contributed by atoms with Gasteiger partial charge in [0.25, 0.3) is 0 Å². The third-order valence-corrected chi connectivity index (χ3v) is 10.2. The highest BCUT2D eigenvalue weighted by atomic mass is 19.4. The molecule has 2 unspecified atom stereocenters. The average molecular weight is 741 g/mol. The van der Waals surface area contributed by atoms with E-state index in [4.69, 9.17) is 18.9 Å². The summed E-state index contributed by atoms with van der Waals surface area (Å²) in [6, 6.07) is 1.98. The highest BCUT2D eigenvalue weighted by Crippen LogP contribution is 2.52. The van der Waals surface area contributed by atoms with E-state index in [1.54, 1.807) is 5.32 Å². The Kier molecular flexibility index (Phi) is 9.73. The van der Waals surface area contributed by atoms with Gasteiger partial charge in [0.1, 0.15) is 48.9 Å². The standard InChI is InChI=1S/C33H35F3N2O14/c1-13-26(41)17(38(48)6-7-50-21(11-38)49-2)8-20(51-13)52-18-10-32(47,19(40)12-39)9-15-23(18)30(45)25-24(28(15)43)27(42)14-4-3-5-16(22(14)29(25)44)37-31(46)33(34,35)36/h3-5,13,17-18,20-21,26,39,41,43,45,47H,6-12H2,1-2H3,(H,37,46)/t13-,17?,18-,20+,21-,26+,32-,38?/m0/s1. The zero-order valence-corrected chi connectivity index (χ0v) is 27.6. The molecule has 4 aliphatic rings. The number of aliphatic hydroxyl groups excluding tert-OH is 2. The fourth-order valence-corrected chi connectivity index (χ4v) is 7.50.